The Kier molecular flexibility index (Phi) is 5.20. The zero-order valence-corrected chi connectivity index (χ0v) is 17.5. The van der Waals surface area contributed by atoms with Crippen LogP contribution in [0, 0.1) is 13.8 Å². The Morgan fingerprint density at radius 1 is 1.10 bits per heavy atom. The number of carbonyl (C=O) groups is 1. The van der Waals surface area contributed by atoms with Crippen LogP contribution in [0.5, 0.6) is 17.2 Å². The van der Waals surface area contributed by atoms with Crippen molar-refractivity contribution >= 4 is 30.1 Å². The molecule has 2 N–H and O–H groups in total. The Labute approximate surface area is 173 Å². The van der Waals surface area contributed by atoms with Crippen LogP contribution >= 0.6 is 0 Å². The summed E-state index contributed by atoms with van der Waals surface area (Å²) < 4.78 is 10.6. The third-order valence-electron chi connectivity index (χ3n) is 5.34. The van der Waals surface area contributed by atoms with Gasteiger partial charge < -0.3 is 19.4 Å². The third kappa shape index (κ3) is 3.68. The maximum atomic E-state index is 12.6. The van der Waals surface area contributed by atoms with Gasteiger partial charge in [0.1, 0.15) is 22.8 Å². The smallest absolute Gasteiger partial charge is 0.336 e. The normalized spacial score (nSPS) is 11.6. The molecule has 156 valence electrons. The molecule has 6 nitrogen and oxygen atoms in total. The average molecular weight is 408 g/mol. The van der Waals surface area contributed by atoms with Crippen LogP contribution in [0.4, 0.5) is 0 Å². The number of esters is 1. The summed E-state index contributed by atoms with van der Waals surface area (Å²) in [5.41, 5.74) is 0.497. The quantitative estimate of drug-likeness (QED) is 0.298. The summed E-state index contributed by atoms with van der Waals surface area (Å²) in [5, 5.41) is 22.2. The zero-order chi connectivity index (χ0) is 22.4. The maximum Gasteiger partial charge on any atom is 0.336 e. The number of hydrogen-bond donors (Lipinski definition) is 2. The van der Waals surface area contributed by atoms with Crippen molar-refractivity contribution in [3.05, 3.63) is 61.8 Å². The molecule has 2 aromatic carbocycles. The van der Waals surface area contributed by atoms with Crippen molar-refractivity contribution in [2.24, 2.45) is 0 Å². The molecule has 0 amide bonds. The highest BCUT2D eigenvalue weighted by Crippen LogP contribution is 2.32. The number of benzene rings is 2. The number of phenols is 2. The van der Waals surface area contributed by atoms with Crippen LogP contribution in [-0.4, -0.2) is 16.2 Å². The van der Waals surface area contributed by atoms with Crippen molar-refractivity contribution in [2.45, 2.75) is 39.5 Å². The number of rotatable bonds is 4. The summed E-state index contributed by atoms with van der Waals surface area (Å²) in [6.45, 7) is 14.6. The van der Waals surface area contributed by atoms with E-state index in [2.05, 4.69) is 13.2 Å². The SMILES string of the molecule is C=c1c(C)c(O)c(=C)c(C(C)(C)CC(=O)Oc2ccc3c(C)cc(=O)oc3c2)c1O. The Morgan fingerprint density at radius 3 is 2.43 bits per heavy atom. The lowest BCUT2D eigenvalue weighted by Crippen LogP contribution is -2.32. The molecular formula is C24H24O6. The summed E-state index contributed by atoms with van der Waals surface area (Å²) in [4.78, 5) is 24.2. The Hall–Kier alpha value is -3.54. The number of ether oxygens (including phenoxy) is 1. The van der Waals surface area contributed by atoms with Crippen LogP contribution in [-0.2, 0) is 10.2 Å². The highest BCUT2D eigenvalue weighted by Gasteiger charge is 2.31. The first-order valence-electron chi connectivity index (χ1n) is 9.40. The number of fused-ring (bicyclic) bond motifs is 1. The van der Waals surface area contributed by atoms with Gasteiger partial charge in [0.05, 0.1) is 6.42 Å². The minimum Gasteiger partial charge on any atom is -0.507 e. The Balaban J connectivity index is 1.91. The number of aryl methyl sites for hydroxylation is 1. The van der Waals surface area contributed by atoms with Gasteiger partial charge in [0.25, 0.3) is 0 Å². The molecule has 3 rings (SSSR count). The predicted octanol–water partition coefficient (Wildman–Crippen LogP) is 2.91. The van der Waals surface area contributed by atoms with E-state index in [9.17, 15) is 19.8 Å². The van der Waals surface area contributed by atoms with Gasteiger partial charge in [-0.15, -0.1) is 0 Å². The molecule has 0 radical (unpaired) electrons. The predicted molar refractivity (Wildman–Crippen MR) is 115 cm³/mol. The molecule has 6 heteroatoms. The second kappa shape index (κ2) is 7.37. The summed E-state index contributed by atoms with van der Waals surface area (Å²) in [5.74, 6) is -0.482. The minimum absolute atomic E-state index is 0.0610. The third-order valence-corrected chi connectivity index (χ3v) is 5.34. The highest BCUT2D eigenvalue weighted by atomic mass is 16.5. The molecule has 30 heavy (non-hydrogen) atoms. The van der Waals surface area contributed by atoms with Crippen LogP contribution < -0.4 is 20.8 Å². The topological polar surface area (TPSA) is 97.0 Å². The molecule has 0 bridgehead atoms. The van der Waals surface area contributed by atoms with Crippen molar-refractivity contribution in [2.75, 3.05) is 0 Å². The van der Waals surface area contributed by atoms with Gasteiger partial charge in [-0.1, -0.05) is 27.0 Å². The van der Waals surface area contributed by atoms with Crippen molar-refractivity contribution in [3.8, 4) is 17.2 Å². The fourth-order valence-corrected chi connectivity index (χ4v) is 3.67. The van der Waals surface area contributed by atoms with Crippen LogP contribution in [0.25, 0.3) is 24.1 Å². The fraction of sp³-hybridized carbons (Fsp3) is 0.250. The number of phenolic OH excluding ortho intramolecular Hbond substituents is 2. The van der Waals surface area contributed by atoms with E-state index < -0.39 is 17.0 Å². The number of hydrogen-bond acceptors (Lipinski definition) is 6. The molecule has 0 saturated heterocycles. The second-order valence-corrected chi connectivity index (χ2v) is 8.10. The van der Waals surface area contributed by atoms with Gasteiger partial charge in [-0.25, -0.2) is 4.79 Å². The zero-order valence-electron chi connectivity index (χ0n) is 17.5. The highest BCUT2D eigenvalue weighted by molar-refractivity contribution is 5.82. The first kappa shape index (κ1) is 21.2. The molecule has 0 atom stereocenters. The monoisotopic (exact) mass is 408 g/mol. The lowest BCUT2D eigenvalue weighted by atomic mass is 9.79. The molecule has 0 spiro atoms. The van der Waals surface area contributed by atoms with Crippen molar-refractivity contribution in [1.29, 1.82) is 0 Å². The average Bonchev–Trinajstić information content (AvgIpc) is 2.63. The van der Waals surface area contributed by atoms with E-state index in [0.29, 0.717) is 16.7 Å². The minimum atomic E-state index is -0.893. The first-order valence-corrected chi connectivity index (χ1v) is 9.40. The molecule has 0 saturated carbocycles. The summed E-state index contributed by atoms with van der Waals surface area (Å²) in [6, 6.07) is 6.22. The molecule has 0 aliphatic rings. The summed E-state index contributed by atoms with van der Waals surface area (Å²) >= 11 is 0. The van der Waals surface area contributed by atoms with Crippen molar-refractivity contribution in [1.82, 2.24) is 0 Å². The standard InChI is InChI=1S/C24H24O6/c1-12-9-19(25)30-18-10-16(7-8-17(12)18)29-20(26)11-24(5,6)21-15(4)22(27)13(2)14(3)23(21)28/h7-10,27-28H,3-4,11H2,1-2,5-6H3. The molecule has 0 aliphatic heterocycles. The van der Waals surface area contributed by atoms with E-state index in [1.165, 1.54) is 12.1 Å². The summed E-state index contributed by atoms with van der Waals surface area (Å²) in [7, 11) is 0. The van der Waals surface area contributed by atoms with Crippen molar-refractivity contribution in [3.63, 3.8) is 0 Å². The molecule has 0 aliphatic carbocycles. The van der Waals surface area contributed by atoms with Gasteiger partial charge in [-0.2, -0.15) is 0 Å². The number of carbonyl (C=O) groups excluding carboxylic acids is 1. The fourth-order valence-electron chi connectivity index (χ4n) is 3.67. The first-order chi connectivity index (χ1) is 13.9. The van der Waals surface area contributed by atoms with Crippen molar-refractivity contribution < 1.29 is 24.2 Å². The summed E-state index contributed by atoms with van der Waals surface area (Å²) in [6.07, 6.45) is -0.0964. The molecule has 1 aromatic heterocycles. The van der Waals surface area contributed by atoms with Gasteiger partial charge in [0.15, 0.2) is 0 Å². The van der Waals surface area contributed by atoms with E-state index in [4.69, 9.17) is 9.15 Å². The molecule has 1 heterocycles. The maximum absolute atomic E-state index is 12.6. The second-order valence-electron chi connectivity index (χ2n) is 8.10. The number of aromatic hydroxyl groups is 2. The Morgan fingerprint density at radius 2 is 1.77 bits per heavy atom. The molecule has 0 fully saturated rings. The lowest BCUT2D eigenvalue weighted by Gasteiger charge is -2.26. The van der Waals surface area contributed by atoms with Crippen LogP contribution in [0.1, 0.15) is 37.0 Å². The Bertz CT molecular complexity index is 1330. The van der Waals surface area contributed by atoms with Crippen LogP contribution in [0.3, 0.4) is 0 Å². The largest absolute Gasteiger partial charge is 0.507 e. The van der Waals surface area contributed by atoms with Gasteiger partial charge in [0.2, 0.25) is 0 Å². The van der Waals surface area contributed by atoms with E-state index in [-0.39, 0.29) is 34.1 Å². The van der Waals surface area contributed by atoms with E-state index >= 15 is 0 Å². The van der Waals surface area contributed by atoms with E-state index in [0.717, 1.165) is 10.9 Å². The molecule has 3 aromatic rings. The van der Waals surface area contributed by atoms with Gasteiger partial charge in [-0.3, -0.25) is 4.79 Å². The van der Waals surface area contributed by atoms with E-state index in [1.54, 1.807) is 39.8 Å². The van der Waals surface area contributed by atoms with Gasteiger partial charge >= 0.3 is 11.6 Å². The van der Waals surface area contributed by atoms with Crippen LogP contribution in [0.2, 0.25) is 0 Å². The molecule has 0 unspecified atom stereocenters. The lowest BCUT2D eigenvalue weighted by molar-refractivity contribution is -0.135. The van der Waals surface area contributed by atoms with E-state index in [1.807, 2.05) is 0 Å². The molecular weight excluding hydrogens is 384 g/mol. The van der Waals surface area contributed by atoms with Crippen LogP contribution in [0.15, 0.2) is 33.5 Å². The van der Waals surface area contributed by atoms with Gasteiger partial charge in [0, 0.05) is 44.5 Å². The van der Waals surface area contributed by atoms with Gasteiger partial charge in [-0.05, 0) is 31.5 Å².